The zero-order valence-electron chi connectivity index (χ0n) is 7.29. The van der Waals surface area contributed by atoms with Crippen molar-refractivity contribution in [3.8, 4) is 0 Å². The molecule has 2 aromatic rings. The highest BCUT2D eigenvalue weighted by molar-refractivity contribution is 9.10. The number of aryl methyl sites for hydroxylation is 1. The smallest absolute Gasteiger partial charge is 0.288 e. The van der Waals surface area contributed by atoms with Crippen LogP contribution in [0.2, 0.25) is 5.15 Å². The van der Waals surface area contributed by atoms with Crippen molar-refractivity contribution in [2.45, 2.75) is 0 Å². The van der Waals surface area contributed by atoms with Gasteiger partial charge in [0.15, 0.2) is 5.15 Å². The molecule has 0 fully saturated rings. The predicted molar refractivity (Wildman–Crippen MR) is 59.7 cm³/mol. The second kappa shape index (κ2) is 3.37. The van der Waals surface area contributed by atoms with Crippen molar-refractivity contribution in [1.29, 1.82) is 0 Å². The average molecular weight is 274 g/mol. The fourth-order valence-electron chi connectivity index (χ4n) is 1.26. The molecule has 1 aromatic heterocycles. The third kappa shape index (κ3) is 1.44. The van der Waals surface area contributed by atoms with Gasteiger partial charge in [-0.25, -0.2) is 4.98 Å². The Bertz CT molecular complexity index is 564. The second-order valence-electron chi connectivity index (χ2n) is 2.90. The average Bonchev–Trinajstić information content (AvgIpc) is 2.16. The summed E-state index contributed by atoms with van der Waals surface area (Å²) in [5.74, 6) is 0. The van der Waals surface area contributed by atoms with Crippen molar-refractivity contribution in [2.75, 3.05) is 0 Å². The Hall–Kier alpha value is -0.870. The first kappa shape index (κ1) is 9.68. The highest BCUT2D eigenvalue weighted by Gasteiger charge is 2.05. The van der Waals surface area contributed by atoms with E-state index in [-0.39, 0.29) is 10.7 Å². The lowest BCUT2D eigenvalue weighted by atomic mass is 10.3. The molecule has 0 aliphatic carbocycles. The van der Waals surface area contributed by atoms with Crippen molar-refractivity contribution in [3.05, 3.63) is 38.2 Å². The van der Waals surface area contributed by atoms with Crippen molar-refractivity contribution in [3.63, 3.8) is 0 Å². The zero-order valence-corrected chi connectivity index (χ0v) is 9.63. The Kier molecular flexibility index (Phi) is 2.33. The molecule has 0 saturated carbocycles. The fraction of sp³-hybridized carbons (Fsp3) is 0.111. The lowest BCUT2D eigenvalue weighted by Gasteiger charge is -2.04. The van der Waals surface area contributed by atoms with Gasteiger partial charge in [-0.2, -0.15) is 0 Å². The molecule has 0 aliphatic rings. The maximum atomic E-state index is 11.4. The summed E-state index contributed by atoms with van der Waals surface area (Å²) < 4.78 is 2.39. The van der Waals surface area contributed by atoms with E-state index in [4.69, 9.17) is 11.6 Å². The molecule has 0 spiro atoms. The summed E-state index contributed by atoms with van der Waals surface area (Å²) in [4.78, 5) is 15.4. The van der Waals surface area contributed by atoms with E-state index in [1.54, 1.807) is 7.05 Å². The van der Waals surface area contributed by atoms with E-state index in [9.17, 15) is 4.79 Å². The maximum Gasteiger partial charge on any atom is 0.288 e. The maximum absolute atomic E-state index is 11.4. The van der Waals surface area contributed by atoms with Crippen LogP contribution in [0.4, 0.5) is 0 Å². The summed E-state index contributed by atoms with van der Waals surface area (Å²) in [5, 5.41) is 0.00215. The summed E-state index contributed by atoms with van der Waals surface area (Å²) in [5.41, 5.74) is 1.19. The molecule has 0 N–H and O–H groups in total. The monoisotopic (exact) mass is 272 g/mol. The standard InChI is InChI=1S/C9H6BrClN2O/c1-13-7-4-5(10)2-3-6(7)12-8(11)9(13)14/h2-4H,1H3. The van der Waals surface area contributed by atoms with E-state index in [0.29, 0.717) is 5.52 Å². The summed E-state index contributed by atoms with van der Waals surface area (Å²) in [6.45, 7) is 0. The Balaban J connectivity index is 2.99. The van der Waals surface area contributed by atoms with Crippen LogP contribution in [0.3, 0.4) is 0 Å². The lowest BCUT2D eigenvalue weighted by Crippen LogP contribution is -2.18. The quantitative estimate of drug-likeness (QED) is 0.738. The number of nitrogens with zero attached hydrogens (tertiary/aromatic N) is 2. The van der Waals surface area contributed by atoms with E-state index in [0.717, 1.165) is 9.99 Å². The van der Waals surface area contributed by atoms with Crippen molar-refractivity contribution in [1.82, 2.24) is 9.55 Å². The summed E-state index contributed by atoms with van der Waals surface area (Å²) in [6.07, 6.45) is 0. The molecule has 1 aromatic carbocycles. The number of hydrogen-bond donors (Lipinski definition) is 0. The third-order valence-electron chi connectivity index (χ3n) is 2.00. The molecule has 0 aliphatic heterocycles. The Labute approximate surface area is 93.5 Å². The molecule has 0 amide bonds. The Morgan fingerprint density at radius 2 is 2.21 bits per heavy atom. The minimum absolute atomic E-state index is 0.00215. The molecule has 0 unspecified atom stereocenters. The molecule has 0 saturated heterocycles. The number of hydrogen-bond acceptors (Lipinski definition) is 2. The van der Waals surface area contributed by atoms with Crippen molar-refractivity contribution in [2.24, 2.45) is 7.05 Å². The van der Waals surface area contributed by atoms with Crippen LogP contribution in [0.25, 0.3) is 11.0 Å². The lowest BCUT2D eigenvalue weighted by molar-refractivity contribution is 0.892. The van der Waals surface area contributed by atoms with Crippen LogP contribution < -0.4 is 5.56 Å². The highest BCUT2D eigenvalue weighted by atomic mass is 79.9. The van der Waals surface area contributed by atoms with E-state index < -0.39 is 0 Å². The molecule has 3 nitrogen and oxygen atoms in total. The van der Waals surface area contributed by atoms with Crippen LogP contribution in [-0.4, -0.2) is 9.55 Å². The zero-order chi connectivity index (χ0) is 10.3. The van der Waals surface area contributed by atoms with Crippen LogP contribution in [0.15, 0.2) is 27.5 Å². The normalized spacial score (nSPS) is 10.8. The third-order valence-corrected chi connectivity index (χ3v) is 2.74. The topological polar surface area (TPSA) is 34.9 Å². The Morgan fingerprint density at radius 3 is 2.93 bits per heavy atom. The fourth-order valence-corrected chi connectivity index (χ4v) is 1.83. The highest BCUT2D eigenvalue weighted by Crippen LogP contribution is 2.17. The number of fused-ring (bicyclic) bond motifs is 1. The van der Waals surface area contributed by atoms with E-state index in [1.165, 1.54) is 4.57 Å². The first-order valence-corrected chi connectivity index (χ1v) is 5.08. The summed E-state index contributed by atoms with van der Waals surface area (Å²) in [7, 11) is 1.67. The SMILES string of the molecule is Cn1c(=O)c(Cl)nc2ccc(Br)cc21. The van der Waals surface area contributed by atoms with Gasteiger partial charge in [0.25, 0.3) is 5.56 Å². The molecule has 0 bridgehead atoms. The van der Waals surface area contributed by atoms with Gasteiger partial charge in [-0.3, -0.25) is 4.79 Å². The number of benzene rings is 1. The molecule has 14 heavy (non-hydrogen) atoms. The largest absolute Gasteiger partial charge is 0.307 e. The minimum atomic E-state index is -0.280. The molecule has 2 rings (SSSR count). The molecule has 0 radical (unpaired) electrons. The first-order valence-electron chi connectivity index (χ1n) is 3.91. The number of aromatic nitrogens is 2. The van der Waals surface area contributed by atoms with Gasteiger partial charge in [-0.05, 0) is 18.2 Å². The van der Waals surface area contributed by atoms with Crippen LogP contribution in [-0.2, 0) is 7.05 Å². The van der Waals surface area contributed by atoms with Gasteiger partial charge in [0.2, 0.25) is 0 Å². The Morgan fingerprint density at radius 1 is 1.50 bits per heavy atom. The van der Waals surface area contributed by atoms with Crippen molar-refractivity contribution >= 4 is 38.6 Å². The summed E-state index contributed by atoms with van der Waals surface area (Å²) in [6, 6.07) is 5.50. The van der Waals surface area contributed by atoms with Crippen LogP contribution >= 0.6 is 27.5 Å². The summed E-state index contributed by atoms with van der Waals surface area (Å²) >= 11 is 9.01. The molecule has 1 heterocycles. The van der Waals surface area contributed by atoms with Gasteiger partial charge in [-0.1, -0.05) is 27.5 Å². The first-order chi connectivity index (χ1) is 6.59. The van der Waals surface area contributed by atoms with Gasteiger partial charge in [-0.15, -0.1) is 0 Å². The van der Waals surface area contributed by atoms with Gasteiger partial charge < -0.3 is 4.57 Å². The molecular formula is C9H6BrClN2O. The predicted octanol–water partition coefficient (Wildman–Crippen LogP) is 2.35. The van der Waals surface area contributed by atoms with E-state index >= 15 is 0 Å². The van der Waals surface area contributed by atoms with Crippen LogP contribution in [0.5, 0.6) is 0 Å². The molecular weight excluding hydrogens is 267 g/mol. The number of rotatable bonds is 0. The van der Waals surface area contributed by atoms with Gasteiger partial charge in [0, 0.05) is 11.5 Å². The van der Waals surface area contributed by atoms with Crippen LogP contribution in [0, 0.1) is 0 Å². The van der Waals surface area contributed by atoms with Crippen LogP contribution in [0.1, 0.15) is 0 Å². The minimum Gasteiger partial charge on any atom is -0.307 e. The van der Waals surface area contributed by atoms with Gasteiger partial charge in [0.05, 0.1) is 11.0 Å². The van der Waals surface area contributed by atoms with Gasteiger partial charge in [0.1, 0.15) is 0 Å². The second-order valence-corrected chi connectivity index (χ2v) is 4.17. The van der Waals surface area contributed by atoms with Gasteiger partial charge >= 0.3 is 0 Å². The molecule has 0 atom stereocenters. The van der Waals surface area contributed by atoms with Crippen molar-refractivity contribution < 1.29 is 0 Å². The van der Waals surface area contributed by atoms with E-state index in [2.05, 4.69) is 20.9 Å². The van der Waals surface area contributed by atoms with E-state index in [1.807, 2.05) is 18.2 Å². The molecule has 5 heteroatoms. The molecule has 72 valence electrons. The number of halogens is 2.